The number of carbonyl (C=O) groups is 2. The maximum Gasteiger partial charge on any atom is 0.239 e. The third kappa shape index (κ3) is 6.94. The van der Waals surface area contributed by atoms with Gasteiger partial charge in [-0.1, -0.05) is 41.9 Å². The molecule has 0 saturated heterocycles. The first-order chi connectivity index (χ1) is 11.8. The molecule has 2 N–H and O–H groups in total. The standard InChI is InChI=1S/C17H17ClN2O4S/c18-14-8-6-13(7-9-14)10-19-16(21)11-25(23,24)12-17(22)20-15-4-2-1-3-5-15/h1-9H,10-12H2,(H,19,21)(H,20,22). The van der Waals surface area contributed by atoms with E-state index < -0.39 is 33.2 Å². The summed E-state index contributed by atoms with van der Waals surface area (Å²) in [5.41, 5.74) is 1.28. The summed E-state index contributed by atoms with van der Waals surface area (Å²) in [6.07, 6.45) is 0. The molecule has 2 aromatic carbocycles. The van der Waals surface area contributed by atoms with E-state index in [9.17, 15) is 18.0 Å². The van der Waals surface area contributed by atoms with Crippen LogP contribution in [0, 0.1) is 0 Å². The second-order valence-corrected chi connectivity index (χ2v) is 7.85. The minimum absolute atomic E-state index is 0.182. The molecule has 2 aromatic rings. The quantitative estimate of drug-likeness (QED) is 0.768. The molecule has 0 aliphatic rings. The van der Waals surface area contributed by atoms with Gasteiger partial charge in [0, 0.05) is 17.3 Å². The van der Waals surface area contributed by atoms with Crippen LogP contribution in [-0.4, -0.2) is 31.7 Å². The number of halogens is 1. The molecule has 0 aliphatic carbocycles. The maximum atomic E-state index is 12.0. The average Bonchev–Trinajstić information content (AvgIpc) is 2.54. The molecule has 8 heteroatoms. The van der Waals surface area contributed by atoms with Gasteiger partial charge in [0.15, 0.2) is 9.84 Å². The largest absolute Gasteiger partial charge is 0.351 e. The molecule has 6 nitrogen and oxygen atoms in total. The molecule has 0 aliphatic heterocycles. The number of sulfone groups is 1. The zero-order valence-corrected chi connectivity index (χ0v) is 14.8. The Hall–Kier alpha value is -2.38. The van der Waals surface area contributed by atoms with Gasteiger partial charge < -0.3 is 10.6 Å². The molecule has 0 heterocycles. The Bertz CT molecular complexity index is 837. The third-order valence-electron chi connectivity index (χ3n) is 3.16. The zero-order valence-electron chi connectivity index (χ0n) is 13.2. The van der Waals surface area contributed by atoms with Crippen LogP contribution in [0.3, 0.4) is 0 Å². The lowest BCUT2D eigenvalue weighted by atomic mass is 10.2. The van der Waals surface area contributed by atoms with E-state index in [4.69, 9.17) is 11.6 Å². The molecule has 0 atom stereocenters. The van der Waals surface area contributed by atoms with Gasteiger partial charge in [-0.25, -0.2) is 8.42 Å². The Kier molecular flexibility index (Phi) is 6.55. The third-order valence-corrected chi connectivity index (χ3v) is 4.82. The van der Waals surface area contributed by atoms with Crippen molar-refractivity contribution in [3.63, 3.8) is 0 Å². The second kappa shape index (κ2) is 8.64. The number of anilines is 1. The summed E-state index contributed by atoms with van der Waals surface area (Å²) in [4.78, 5) is 23.6. The first-order valence-corrected chi connectivity index (χ1v) is 9.60. The number of amides is 2. The van der Waals surface area contributed by atoms with Gasteiger partial charge >= 0.3 is 0 Å². The number of nitrogens with one attached hydrogen (secondary N) is 2. The van der Waals surface area contributed by atoms with Crippen LogP contribution in [0.5, 0.6) is 0 Å². The second-order valence-electron chi connectivity index (χ2n) is 5.35. The fourth-order valence-corrected chi connectivity index (χ4v) is 3.22. The number of carbonyl (C=O) groups excluding carboxylic acids is 2. The molecular formula is C17H17ClN2O4S. The fourth-order valence-electron chi connectivity index (χ4n) is 2.02. The summed E-state index contributed by atoms with van der Waals surface area (Å²) in [5.74, 6) is -2.85. The predicted octanol–water partition coefficient (Wildman–Crippen LogP) is 2.01. The molecule has 25 heavy (non-hydrogen) atoms. The molecular weight excluding hydrogens is 364 g/mol. The Morgan fingerprint density at radius 1 is 0.880 bits per heavy atom. The van der Waals surface area contributed by atoms with Crippen molar-refractivity contribution in [1.29, 1.82) is 0 Å². The van der Waals surface area contributed by atoms with Crippen LogP contribution < -0.4 is 10.6 Å². The molecule has 0 unspecified atom stereocenters. The normalized spacial score (nSPS) is 10.9. The number of rotatable bonds is 7. The minimum Gasteiger partial charge on any atom is -0.351 e. The Morgan fingerprint density at radius 2 is 1.48 bits per heavy atom. The highest BCUT2D eigenvalue weighted by atomic mass is 35.5. The van der Waals surface area contributed by atoms with Crippen LogP contribution in [0.2, 0.25) is 5.02 Å². The molecule has 2 amide bonds. The Morgan fingerprint density at radius 3 is 2.12 bits per heavy atom. The van der Waals surface area contributed by atoms with Crippen LogP contribution in [0.15, 0.2) is 54.6 Å². The highest BCUT2D eigenvalue weighted by Crippen LogP contribution is 2.09. The molecule has 132 valence electrons. The van der Waals surface area contributed by atoms with Crippen molar-refractivity contribution < 1.29 is 18.0 Å². The predicted molar refractivity (Wildman–Crippen MR) is 97.0 cm³/mol. The molecule has 0 spiro atoms. The summed E-state index contributed by atoms with van der Waals surface area (Å²) in [6.45, 7) is 0.182. The lowest BCUT2D eigenvalue weighted by Gasteiger charge is -2.08. The van der Waals surface area contributed by atoms with Crippen LogP contribution in [0.4, 0.5) is 5.69 Å². The monoisotopic (exact) mass is 380 g/mol. The van der Waals surface area contributed by atoms with Gasteiger partial charge in [0.2, 0.25) is 11.8 Å². The first kappa shape index (κ1) is 19.0. The Labute approximate surface area is 151 Å². The van der Waals surface area contributed by atoms with Gasteiger partial charge in [-0.3, -0.25) is 9.59 Å². The van der Waals surface area contributed by atoms with Crippen molar-refractivity contribution >= 4 is 38.9 Å². The van der Waals surface area contributed by atoms with Gasteiger partial charge in [-0.05, 0) is 29.8 Å². The van der Waals surface area contributed by atoms with E-state index in [1.807, 2.05) is 0 Å². The van der Waals surface area contributed by atoms with Crippen molar-refractivity contribution in [2.45, 2.75) is 6.54 Å². The maximum absolute atomic E-state index is 12.0. The molecule has 0 saturated carbocycles. The summed E-state index contributed by atoms with van der Waals surface area (Å²) in [7, 11) is -3.86. The van der Waals surface area contributed by atoms with Crippen LogP contribution in [0.1, 0.15) is 5.56 Å². The van der Waals surface area contributed by atoms with E-state index in [0.29, 0.717) is 10.7 Å². The summed E-state index contributed by atoms with van der Waals surface area (Å²) in [5, 5.41) is 5.55. The van der Waals surface area contributed by atoms with Crippen molar-refractivity contribution in [1.82, 2.24) is 5.32 Å². The molecule has 2 rings (SSSR count). The first-order valence-electron chi connectivity index (χ1n) is 7.40. The van der Waals surface area contributed by atoms with Crippen LogP contribution in [-0.2, 0) is 26.0 Å². The fraction of sp³-hybridized carbons (Fsp3) is 0.176. The van der Waals surface area contributed by atoms with Gasteiger partial charge in [0.25, 0.3) is 0 Å². The van der Waals surface area contributed by atoms with Gasteiger partial charge in [0.05, 0.1) is 0 Å². The number of para-hydroxylation sites is 1. The smallest absolute Gasteiger partial charge is 0.239 e. The lowest BCUT2D eigenvalue weighted by Crippen LogP contribution is -2.33. The van der Waals surface area contributed by atoms with Gasteiger partial charge in [-0.15, -0.1) is 0 Å². The van der Waals surface area contributed by atoms with E-state index in [1.54, 1.807) is 54.6 Å². The van der Waals surface area contributed by atoms with Crippen molar-refractivity contribution in [3.05, 3.63) is 65.2 Å². The molecule has 0 radical (unpaired) electrons. The van der Waals surface area contributed by atoms with E-state index >= 15 is 0 Å². The van der Waals surface area contributed by atoms with Crippen LogP contribution in [0.25, 0.3) is 0 Å². The highest BCUT2D eigenvalue weighted by Gasteiger charge is 2.20. The molecule has 0 aromatic heterocycles. The highest BCUT2D eigenvalue weighted by molar-refractivity contribution is 7.92. The van der Waals surface area contributed by atoms with Gasteiger partial charge in [-0.2, -0.15) is 0 Å². The van der Waals surface area contributed by atoms with E-state index in [-0.39, 0.29) is 6.54 Å². The zero-order chi connectivity index (χ0) is 18.3. The average molecular weight is 381 g/mol. The number of hydrogen-bond acceptors (Lipinski definition) is 4. The van der Waals surface area contributed by atoms with Crippen LogP contribution >= 0.6 is 11.6 Å². The minimum atomic E-state index is -3.86. The summed E-state index contributed by atoms with van der Waals surface area (Å²) in [6, 6.07) is 15.3. The van der Waals surface area contributed by atoms with Crippen molar-refractivity contribution in [2.24, 2.45) is 0 Å². The van der Waals surface area contributed by atoms with Gasteiger partial charge in [0.1, 0.15) is 11.5 Å². The van der Waals surface area contributed by atoms with E-state index in [1.165, 1.54) is 0 Å². The van der Waals surface area contributed by atoms with Crippen molar-refractivity contribution in [2.75, 3.05) is 16.8 Å². The molecule has 0 fully saturated rings. The summed E-state index contributed by atoms with van der Waals surface area (Å²) < 4.78 is 23.9. The summed E-state index contributed by atoms with van der Waals surface area (Å²) >= 11 is 5.76. The Balaban J connectivity index is 1.82. The topological polar surface area (TPSA) is 92.3 Å². The lowest BCUT2D eigenvalue weighted by molar-refractivity contribution is -0.118. The van der Waals surface area contributed by atoms with E-state index in [0.717, 1.165) is 5.56 Å². The number of hydrogen-bond donors (Lipinski definition) is 2. The van der Waals surface area contributed by atoms with E-state index in [2.05, 4.69) is 10.6 Å². The number of benzene rings is 2. The molecule has 0 bridgehead atoms. The SMILES string of the molecule is O=C(CS(=O)(=O)CC(=O)Nc1ccccc1)NCc1ccc(Cl)cc1. The van der Waals surface area contributed by atoms with Crippen molar-refractivity contribution in [3.8, 4) is 0 Å².